The van der Waals surface area contributed by atoms with Gasteiger partial charge in [-0.25, -0.2) is 4.98 Å². The highest BCUT2D eigenvalue weighted by Gasteiger charge is 2.30. The first-order valence-electron chi connectivity index (χ1n) is 17.8. The van der Waals surface area contributed by atoms with Crippen molar-refractivity contribution in [2.75, 3.05) is 58.0 Å². The Labute approximate surface area is 301 Å². The Bertz CT molecular complexity index is 1900. The van der Waals surface area contributed by atoms with Crippen LogP contribution in [0.25, 0.3) is 21.1 Å². The third kappa shape index (κ3) is 8.59. The van der Waals surface area contributed by atoms with E-state index < -0.39 is 12.6 Å². The number of amides is 1. The number of fused-ring (bicyclic) bond motifs is 2. The summed E-state index contributed by atoms with van der Waals surface area (Å²) in [4.78, 5) is 28.5. The molecule has 14 heteroatoms. The van der Waals surface area contributed by atoms with E-state index in [1.54, 1.807) is 18.0 Å². The predicted octanol–water partition coefficient (Wildman–Crippen LogP) is 6.63. The minimum absolute atomic E-state index is 0.138. The second kappa shape index (κ2) is 15.4. The molecule has 1 aromatic carbocycles. The average Bonchev–Trinajstić information content (AvgIpc) is 3.66. The largest absolute Gasteiger partial charge is 0.393 e. The fourth-order valence-electron chi connectivity index (χ4n) is 7.54. The summed E-state index contributed by atoms with van der Waals surface area (Å²) in [5.41, 5.74) is 4.19. The maximum Gasteiger partial charge on any atom is 0.393 e. The van der Waals surface area contributed by atoms with Crippen LogP contribution in [-0.4, -0.2) is 101 Å². The van der Waals surface area contributed by atoms with Crippen LogP contribution < -0.4 is 10.6 Å². The van der Waals surface area contributed by atoms with Gasteiger partial charge in [0.2, 0.25) is 11.9 Å². The minimum atomic E-state index is -4.28. The molecule has 2 aliphatic rings. The number of hydrogen-bond donors (Lipinski definition) is 2. The first kappa shape index (κ1) is 36.8. The number of likely N-dealkylation sites (tertiary alicyclic amines) is 2. The summed E-state index contributed by atoms with van der Waals surface area (Å²) in [7, 11) is 5.33. The van der Waals surface area contributed by atoms with Crippen LogP contribution in [0, 0.1) is 24.2 Å². The number of rotatable bonds is 11. The van der Waals surface area contributed by atoms with Crippen molar-refractivity contribution in [3.05, 3.63) is 46.0 Å². The number of anilines is 2. The van der Waals surface area contributed by atoms with Gasteiger partial charge in [0.25, 0.3) is 0 Å². The quantitative estimate of drug-likeness (QED) is 0.178. The second-order valence-electron chi connectivity index (χ2n) is 14.4. The van der Waals surface area contributed by atoms with Crippen molar-refractivity contribution >= 4 is 50.1 Å². The number of carbonyl (C=O) groups is 1. The fraction of sp³-hybridized carbons (Fsp3) is 0.568. The van der Waals surface area contributed by atoms with Gasteiger partial charge in [0.1, 0.15) is 22.4 Å². The third-order valence-corrected chi connectivity index (χ3v) is 11.7. The number of piperidine rings is 2. The van der Waals surface area contributed by atoms with E-state index in [4.69, 9.17) is 0 Å². The van der Waals surface area contributed by atoms with Crippen molar-refractivity contribution in [1.82, 2.24) is 29.2 Å². The van der Waals surface area contributed by atoms with E-state index >= 15 is 0 Å². The summed E-state index contributed by atoms with van der Waals surface area (Å²) in [6.07, 6.45) is -0.870. The summed E-state index contributed by atoms with van der Waals surface area (Å²) in [6.45, 7) is 9.57. The number of carbonyl (C=O) groups excluding carboxylic acids is 1. The van der Waals surface area contributed by atoms with Crippen LogP contribution in [0.2, 0.25) is 0 Å². The van der Waals surface area contributed by atoms with E-state index in [0.29, 0.717) is 40.0 Å². The highest BCUT2D eigenvalue weighted by molar-refractivity contribution is 7.18. The molecule has 6 rings (SSSR count). The first-order chi connectivity index (χ1) is 24.3. The molecule has 0 radical (unpaired) electrons. The first-order valence-corrected chi connectivity index (χ1v) is 18.6. The fourth-order valence-corrected chi connectivity index (χ4v) is 8.60. The van der Waals surface area contributed by atoms with Gasteiger partial charge in [0.15, 0.2) is 0 Å². The molecule has 0 saturated carbocycles. The monoisotopic (exact) mass is 723 g/mol. The lowest BCUT2D eigenvalue weighted by Gasteiger charge is -2.36. The zero-order valence-corrected chi connectivity index (χ0v) is 30.9. The van der Waals surface area contributed by atoms with E-state index in [-0.39, 0.29) is 22.9 Å². The van der Waals surface area contributed by atoms with Gasteiger partial charge >= 0.3 is 6.18 Å². The van der Waals surface area contributed by atoms with Crippen molar-refractivity contribution in [2.45, 2.75) is 83.7 Å². The second-order valence-corrected chi connectivity index (χ2v) is 15.5. The number of benzene rings is 1. The molecule has 2 saturated heterocycles. The molecule has 2 fully saturated rings. The Balaban J connectivity index is 1.08. The van der Waals surface area contributed by atoms with Crippen LogP contribution in [0.3, 0.4) is 0 Å². The topological polar surface area (TPSA) is 105 Å². The summed E-state index contributed by atoms with van der Waals surface area (Å²) in [6, 6.07) is 10.8. The smallest absolute Gasteiger partial charge is 0.367 e. The average molecular weight is 724 g/mol. The van der Waals surface area contributed by atoms with Gasteiger partial charge in [-0.05, 0) is 87.9 Å². The zero-order chi connectivity index (χ0) is 36.4. The lowest BCUT2D eigenvalue weighted by atomic mass is 9.92. The molecule has 3 aromatic heterocycles. The molecule has 51 heavy (non-hydrogen) atoms. The molecule has 0 aliphatic carbocycles. The van der Waals surface area contributed by atoms with E-state index in [1.165, 1.54) is 11.1 Å². The molecule has 1 amide bonds. The minimum Gasteiger partial charge on any atom is -0.367 e. The van der Waals surface area contributed by atoms with Gasteiger partial charge in [-0.2, -0.15) is 23.4 Å². The molecule has 274 valence electrons. The maximum atomic E-state index is 13.1. The van der Waals surface area contributed by atoms with E-state index in [0.717, 1.165) is 87.2 Å². The number of halogens is 3. The predicted molar refractivity (Wildman–Crippen MR) is 197 cm³/mol. The highest BCUT2D eigenvalue weighted by Crippen LogP contribution is 2.35. The molecule has 2 aliphatic heterocycles. The van der Waals surface area contributed by atoms with E-state index in [9.17, 15) is 23.2 Å². The third-order valence-electron chi connectivity index (χ3n) is 10.6. The molecule has 0 spiro atoms. The van der Waals surface area contributed by atoms with Crippen molar-refractivity contribution in [2.24, 2.45) is 5.92 Å². The van der Waals surface area contributed by atoms with Crippen LogP contribution in [0.1, 0.15) is 60.7 Å². The zero-order valence-electron chi connectivity index (χ0n) is 30.1. The Morgan fingerprint density at radius 2 is 1.82 bits per heavy atom. The highest BCUT2D eigenvalue weighted by atomic mass is 32.1. The van der Waals surface area contributed by atoms with Gasteiger partial charge in [0, 0.05) is 81.6 Å². The van der Waals surface area contributed by atoms with E-state index in [2.05, 4.69) is 67.0 Å². The number of nitrogens with one attached hydrogen (secondary N) is 2. The van der Waals surface area contributed by atoms with Gasteiger partial charge in [0.05, 0.1) is 11.8 Å². The number of aryl methyl sites for hydroxylation is 1. The summed E-state index contributed by atoms with van der Waals surface area (Å²) < 4.78 is 41.5. The molecule has 0 unspecified atom stereocenters. The molecule has 5 heterocycles. The molecule has 4 aromatic rings. The molecule has 10 nitrogen and oxygen atoms in total. The molecule has 2 N–H and O–H groups in total. The maximum absolute atomic E-state index is 13.1. The number of nitrogens with zero attached hydrogens (tertiary/aromatic N) is 7. The summed E-state index contributed by atoms with van der Waals surface area (Å²) in [5, 5.41) is 18.3. The van der Waals surface area contributed by atoms with Crippen LogP contribution in [-0.2, 0) is 24.3 Å². The van der Waals surface area contributed by atoms with Crippen LogP contribution >= 0.6 is 11.3 Å². The van der Waals surface area contributed by atoms with Gasteiger partial charge in [-0.1, -0.05) is 6.07 Å². The Kier molecular flexibility index (Phi) is 11.1. The number of aromatic nitrogens is 3. The van der Waals surface area contributed by atoms with Crippen LogP contribution in [0.15, 0.2) is 24.3 Å². The number of alkyl halides is 3. The Hall–Kier alpha value is -3.93. The SMILES string of the molecule is CNc1nc(NC2CCN(Cc3ccc4c(cc(C#N)n4C[C@H](C)N4CCC(CC(=O)N(C)C)CC4)c3C)CC2)c2cc(CC(F)(F)F)sc2n1. The van der Waals surface area contributed by atoms with Crippen molar-refractivity contribution in [1.29, 1.82) is 5.26 Å². The van der Waals surface area contributed by atoms with Gasteiger partial charge in [-0.15, -0.1) is 11.3 Å². The lowest BCUT2D eigenvalue weighted by molar-refractivity contribution is -0.130. The van der Waals surface area contributed by atoms with Crippen LogP contribution in [0.4, 0.5) is 24.9 Å². The summed E-state index contributed by atoms with van der Waals surface area (Å²) >= 11 is 1.06. The molecular weight excluding hydrogens is 676 g/mol. The van der Waals surface area contributed by atoms with Gasteiger partial charge in [-0.3, -0.25) is 14.6 Å². The lowest BCUT2D eigenvalue weighted by Crippen LogP contribution is -2.42. The Morgan fingerprint density at radius 1 is 1.10 bits per heavy atom. The standard InChI is InChI=1S/C37H48F3N9OS/c1-23(48-14-8-25(9-15-48)16-33(50)46(4)5)21-49-28(20-41)17-30-24(2)26(6-7-32(30)49)22-47-12-10-27(11-13-47)43-34-31-18-29(19-37(38,39)40)51-35(31)45-36(42-3)44-34/h6-7,17-18,23,25,27H,8-16,19,21-22H2,1-5H3,(H2,42,43,44,45)/t23-/m0/s1. The molecule has 1 atom stereocenters. The number of thiophene rings is 1. The Morgan fingerprint density at radius 3 is 2.47 bits per heavy atom. The van der Waals surface area contributed by atoms with Crippen molar-refractivity contribution in [3.8, 4) is 6.07 Å². The van der Waals surface area contributed by atoms with Crippen molar-refractivity contribution in [3.63, 3.8) is 0 Å². The molecular formula is C37H48F3N9OS. The number of nitriles is 1. The normalized spacial score (nSPS) is 17.5. The van der Waals surface area contributed by atoms with Crippen molar-refractivity contribution < 1.29 is 18.0 Å². The van der Waals surface area contributed by atoms with Gasteiger partial charge < -0.3 is 20.1 Å². The van der Waals surface area contributed by atoms with E-state index in [1.807, 2.05) is 20.2 Å². The summed E-state index contributed by atoms with van der Waals surface area (Å²) in [5.74, 6) is 1.58. The van der Waals surface area contributed by atoms with Crippen LogP contribution in [0.5, 0.6) is 0 Å². The number of hydrogen-bond acceptors (Lipinski definition) is 9. The molecule has 0 bridgehead atoms.